The fraction of sp³-hybridized carbons (Fsp3) is 0.750. The minimum absolute atomic E-state index is 0.702. The van der Waals surface area contributed by atoms with Crippen LogP contribution in [0.4, 0.5) is 5.69 Å². The van der Waals surface area contributed by atoms with E-state index in [4.69, 9.17) is 4.74 Å². The smallest absolute Gasteiger partial charge is 0.0726 e. The molecule has 5 heteroatoms. The first kappa shape index (κ1) is 12.4. The number of anilines is 1. The molecule has 0 bridgehead atoms. The normalized spacial score (nSPS) is 20.4. The molecule has 0 spiro atoms. The SMILES string of the molecule is COCCn1cc(NCC2CCCNC2)cn1. The van der Waals surface area contributed by atoms with Crippen molar-refractivity contribution in [2.45, 2.75) is 19.4 Å². The molecule has 0 aliphatic carbocycles. The zero-order valence-electron chi connectivity index (χ0n) is 10.5. The largest absolute Gasteiger partial charge is 0.383 e. The summed E-state index contributed by atoms with van der Waals surface area (Å²) >= 11 is 0. The third-order valence-corrected chi connectivity index (χ3v) is 3.15. The zero-order valence-corrected chi connectivity index (χ0v) is 10.5. The lowest BCUT2D eigenvalue weighted by Gasteiger charge is -2.22. The fourth-order valence-electron chi connectivity index (χ4n) is 2.12. The van der Waals surface area contributed by atoms with Crippen LogP contribution in [-0.4, -0.2) is 43.1 Å². The molecule has 2 heterocycles. The molecule has 0 aromatic carbocycles. The van der Waals surface area contributed by atoms with Crippen molar-refractivity contribution in [3.63, 3.8) is 0 Å². The lowest BCUT2D eigenvalue weighted by Crippen LogP contribution is -2.33. The van der Waals surface area contributed by atoms with E-state index in [1.807, 2.05) is 17.1 Å². The number of nitrogens with one attached hydrogen (secondary N) is 2. The van der Waals surface area contributed by atoms with Gasteiger partial charge in [-0.05, 0) is 31.8 Å². The molecule has 0 radical (unpaired) electrons. The summed E-state index contributed by atoms with van der Waals surface area (Å²) in [5.41, 5.74) is 1.10. The Morgan fingerprint density at radius 3 is 3.35 bits per heavy atom. The van der Waals surface area contributed by atoms with Crippen LogP contribution in [0.15, 0.2) is 12.4 Å². The summed E-state index contributed by atoms with van der Waals surface area (Å²) in [7, 11) is 1.71. The maximum Gasteiger partial charge on any atom is 0.0726 e. The molecule has 17 heavy (non-hydrogen) atoms. The van der Waals surface area contributed by atoms with Crippen molar-refractivity contribution >= 4 is 5.69 Å². The minimum atomic E-state index is 0.702. The van der Waals surface area contributed by atoms with Crippen LogP contribution in [0, 0.1) is 5.92 Å². The molecule has 96 valence electrons. The molecule has 1 unspecified atom stereocenters. The van der Waals surface area contributed by atoms with E-state index in [1.54, 1.807) is 7.11 Å². The average molecular weight is 238 g/mol. The standard InChI is InChI=1S/C12H22N4O/c1-17-6-5-16-10-12(9-15-16)14-8-11-3-2-4-13-7-11/h9-11,13-14H,2-8H2,1H3. The topological polar surface area (TPSA) is 51.1 Å². The predicted octanol–water partition coefficient (Wildman–Crippen LogP) is 0.941. The molecular formula is C12H22N4O. The summed E-state index contributed by atoms with van der Waals surface area (Å²) in [4.78, 5) is 0. The summed E-state index contributed by atoms with van der Waals surface area (Å²) < 4.78 is 6.93. The van der Waals surface area contributed by atoms with Crippen LogP contribution < -0.4 is 10.6 Å². The van der Waals surface area contributed by atoms with Gasteiger partial charge < -0.3 is 15.4 Å². The van der Waals surface area contributed by atoms with Gasteiger partial charge in [0, 0.05) is 19.9 Å². The number of nitrogens with zero attached hydrogens (tertiary/aromatic N) is 2. The van der Waals surface area contributed by atoms with Crippen molar-refractivity contribution in [3.8, 4) is 0 Å². The maximum atomic E-state index is 5.02. The van der Waals surface area contributed by atoms with E-state index in [0.29, 0.717) is 6.61 Å². The Bertz CT molecular complexity index is 320. The van der Waals surface area contributed by atoms with Gasteiger partial charge in [0.2, 0.25) is 0 Å². The van der Waals surface area contributed by atoms with Gasteiger partial charge >= 0.3 is 0 Å². The minimum Gasteiger partial charge on any atom is -0.383 e. The molecule has 1 atom stereocenters. The number of hydrogen-bond donors (Lipinski definition) is 2. The van der Waals surface area contributed by atoms with Crippen molar-refractivity contribution in [1.29, 1.82) is 0 Å². The van der Waals surface area contributed by atoms with Gasteiger partial charge in [-0.2, -0.15) is 5.10 Å². The Kier molecular flexibility index (Phi) is 4.82. The van der Waals surface area contributed by atoms with E-state index in [2.05, 4.69) is 15.7 Å². The van der Waals surface area contributed by atoms with Gasteiger partial charge in [0.05, 0.1) is 25.0 Å². The molecule has 1 aliphatic heterocycles. The second-order valence-electron chi connectivity index (χ2n) is 4.58. The summed E-state index contributed by atoms with van der Waals surface area (Å²) in [6.07, 6.45) is 6.53. The van der Waals surface area contributed by atoms with Crippen molar-refractivity contribution < 1.29 is 4.74 Å². The van der Waals surface area contributed by atoms with Crippen molar-refractivity contribution in [2.75, 3.05) is 38.7 Å². The highest BCUT2D eigenvalue weighted by atomic mass is 16.5. The summed E-state index contributed by atoms with van der Waals surface area (Å²) in [6, 6.07) is 0. The molecule has 1 fully saturated rings. The van der Waals surface area contributed by atoms with Gasteiger partial charge in [-0.25, -0.2) is 0 Å². The summed E-state index contributed by atoms with van der Waals surface area (Å²) in [5.74, 6) is 0.742. The van der Waals surface area contributed by atoms with Gasteiger partial charge in [-0.1, -0.05) is 0 Å². The van der Waals surface area contributed by atoms with Crippen LogP contribution in [0.3, 0.4) is 0 Å². The molecule has 2 N–H and O–H groups in total. The number of ether oxygens (including phenoxy) is 1. The van der Waals surface area contributed by atoms with Crippen LogP contribution in [0.5, 0.6) is 0 Å². The third-order valence-electron chi connectivity index (χ3n) is 3.15. The van der Waals surface area contributed by atoms with Gasteiger partial charge in [0.15, 0.2) is 0 Å². The predicted molar refractivity (Wildman–Crippen MR) is 68.2 cm³/mol. The molecule has 0 saturated carbocycles. The molecule has 1 aliphatic rings. The van der Waals surface area contributed by atoms with E-state index in [-0.39, 0.29) is 0 Å². The van der Waals surface area contributed by atoms with Crippen LogP contribution in [0.25, 0.3) is 0 Å². The summed E-state index contributed by atoms with van der Waals surface area (Å²) in [5, 5.41) is 11.1. The van der Waals surface area contributed by atoms with E-state index in [9.17, 15) is 0 Å². The monoisotopic (exact) mass is 238 g/mol. The number of methoxy groups -OCH3 is 1. The van der Waals surface area contributed by atoms with E-state index in [0.717, 1.165) is 31.2 Å². The van der Waals surface area contributed by atoms with Crippen molar-refractivity contribution in [3.05, 3.63) is 12.4 Å². The van der Waals surface area contributed by atoms with E-state index < -0.39 is 0 Å². The van der Waals surface area contributed by atoms with Crippen LogP contribution in [0.1, 0.15) is 12.8 Å². The molecule has 5 nitrogen and oxygen atoms in total. The maximum absolute atomic E-state index is 5.02. The van der Waals surface area contributed by atoms with Crippen molar-refractivity contribution in [1.82, 2.24) is 15.1 Å². The average Bonchev–Trinajstić information content (AvgIpc) is 2.83. The highest BCUT2D eigenvalue weighted by molar-refractivity contribution is 5.38. The molecule has 0 amide bonds. The third kappa shape index (κ3) is 4.02. The highest BCUT2D eigenvalue weighted by Gasteiger charge is 2.12. The van der Waals surface area contributed by atoms with E-state index in [1.165, 1.54) is 19.4 Å². The van der Waals surface area contributed by atoms with Crippen LogP contribution in [0.2, 0.25) is 0 Å². The fourth-order valence-corrected chi connectivity index (χ4v) is 2.12. The summed E-state index contributed by atoms with van der Waals surface area (Å²) in [6.45, 7) is 4.84. The number of piperidine rings is 1. The number of rotatable bonds is 6. The van der Waals surface area contributed by atoms with E-state index >= 15 is 0 Å². The first-order chi connectivity index (χ1) is 8.38. The highest BCUT2D eigenvalue weighted by Crippen LogP contribution is 2.12. The number of aromatic nitrogens is 2. The van der Waals surface area contributed by atoms with Crippen LogP contribution >= 0.6 is 0 Å². The first-order valence-electron chi connectivity index (χ1n) is 6.34. The molecular weight excluding hydrogens is 216 g/mol. The second kappa shape index (κ2) is 6.61. The Morgan fingerprint density at radius 2 is 2.59 bits per heavy atom. The quantitative estimate of drug-likeness (QED) is 0.774. The Labute approximate surface area is 103 Å². The Morgan fingerprint density at radius 1 is 1.65 bits per heavy atom. The Balaban J connectivity index is 1.72. The van der Waals surface area contributed by atoms with Gasteiger partial charge in [-0.3, -0.25) is 4.68 Å². The van der Waals surface area contributed by atoms with Crippen LogP contribution in [-0.2, 0) is 11.3 Å². The van der Waals surface area contributed by atoms with Gasteiger partial charge in [0.1, 0.15) is 0 Å². The van der Waals surface area contributed by atoms with Gasteiger partial charge in [-0.15, -0.1) is 0 Å². The second-order valence-corrected chi connectivity index (χ2v) is 4.58. The molecule has 1 aromatic rings. The van der Waals surface area contributed by atoms with Crippen molar-refractivity contribution in [2.24, 2.45) is 5.92 Å². The Hall–Kier alpha value is -1.07. The molecule has 1 saturated heterocycles. The lowest BCUT2D eigenvalue weighted by atomic mass is 10.00. The lowest BCUT2D eigenvalue weighted by molar-refractivity contribution is 0.183. The first-order valence-corrected chi connectivity index (χ1v) is 6.34. The molecule has 2 rings (SSSR count). The number of hydrogen-bond acceptors (Lipinski definition) is 4. The van der Waals surface area contributed by atoms with Gasteiger partial charge in [0.25, 0.3) is 0 Å². The zero-order chi connectivity index (χ0) is 11.9. The molecule has 1 aromatic heterocycles.